The number of nitrogens with zero attached hydrogens (tertiary/aromatic N) is 1. The number of hydrogen-bond donors (Lipinski definition) is 1. The molecule has 1 unspecified atom stereocenters. The van der Waals surface area contributed by atoms with Crippen molar-refractivity contribution in [3.05, 3.63) is 63.5 Å². The van der Waals surface area contributed by atoms with Gasteiger partial charge in [-0.1, -0.05) is 19.1 Å². The van der Waals surface area contributed by atoms with E-state index in [-0.39, 0.29) is 0 Å². The van der Waals surface area contributed by atoms with Gasteiger partial charge in [0.1, 0.15) is 0 Å². The highest BCUT2D eigenvalue weighted by Crippen LogP contribution is 2.12. The number of rotatable bonds is 7. The lowest BCUT2D eigenvalue weighted by molar-refractivity contribution is 0.491. The minimum atomic E-state index is 0.535. The van der Waals surface area contributed by atoms with E-state index in [9.17, 15) is 0 Å². The zero-order valence-electron chi connectivity index (χ0n) is 11.8. The van der Waals surface area contributed by atoms with Crippen LogP contribution in [0.5, 0.6) is 0 Å². The largest absolute Gasteiger partial charge is 0.314 e. The summed E-state index contributed by atoms with van der Waals surface area (Å²) in [5, 5.41) is 3.60. The van der Waals surface area contributed by atoms with Crippen molar-refractivity contribution in [3.63, 3.8) is 0 Å². The third kappa shape index (κ3) is 5.21. The Morgan fingerprint density at radius 1 is 1.05 bits per heavy atom. The van der Waals surface area contributed by atoms with Crippen molar-refractivity contribution in [2.75, 3.05) is 6.54 Å². The van der Waals surface area contributed by atoms with Crippen LogP contribution in [0.2, 0.25) is 0 Å². The summed E-state index contributed by atoms with van der Waals surface area (Å²) in [5.74, 6) is 0. The molecule has 0 saturated heterocycles. The molecule has 20 heavy (non-hydrogen) atoms. The lowest BCUT2D eigenvalue weighted by Gasteiger charge is -2.18. The van der Waals surface area contributed by atoms with Crippen molar-refractivity contribution < 1.29 is 0 Å². The molecule has 0 aliphatic heterocycles. The number of aromatic nitrogens is 1. The number of halogens is 1. The SMILES string of the molecule is CCNC(CCc1ccncc1)Cc1ccc(I)cc1. The molecule has 0 aliphatic carbocycles. The third-order valence-electron chi connectivity index (χ3n) is 3.42. The summed E-state index contributed by atoms with van der Waals surface area (Å²) in [6.07, 6.45) is 7.09. The Hall–Kier alpha value is -0.940. The van der Waals surface area contributed by atoms with E-state index in [1.165, 1.54) is 14.7 Å². The molecule has 0 amide bonds. The van der Waals surface area contributed by atoms with Crippen molar-refractivity contribution >= 4 is 22.6 Å². The summed E-state index contributed by atoms with van der Waals surface area (Å²) < 4.78 is 1.29. The first-order valence-electron chi connectivity index (χ1n) is 7.14. The van der Waals surface area contributed by atoms with E-state index < -0.39 is 0 Å². The van der Waals surface area contributed by atoms with E-state index in [4.69, 9.17) is 0 Å². The molecule has 106 valence electrons. The number of nitrogens with one attached hydrogen (secondary N) is 1. The van der Waals surface area contributed by atoms with Crippen molar-refractivity contribution in [3.8, 4) is 0 Å². The van der Waals surface area contributed by atoms with Crippen molar-refractivity contribution in [1.82, 2.24) is 10.3 Å². The van der Waals surface area contributed by atoms with E-state index in [0.717, 1.165) is 25.8 Å². The zero-order chi connectivity index (χ0) is 14.2. The maximum Gasteiger partial charge on any atom is 0.0270 e. The molecule has 0 aliphatic rings. The molecule has 0 saturated carbocycles. The van der Waals surface area contributed by atoms with Crippen LogP contribution in [0, 0.1) is 3.57 Å². The smallest absolute Gasteiger partial charge is 0.0270 e. The maximum absolute atomic E-state index is 4.07. The quantitative estimate of drug-likeness (QED) is 0.739. The molecule has 0 spiro atoms. The molecule has 1 heterocycles. The number of likely N-dealkylation sites (N-methyl/N-ethyl adjacent to an activating group) is 1. The predicted molar refractivity (Wildman–Crippen MR) is 92.9 cm³/mol. The highest BCUT2D eigenvalue weighted by Gasteiger charge is 2.08. The fraction of sp³-hybridized carbons (Fsp3) is 0.353. The molecule has 1 aromatic heterocycles. The van der Waals surface area contributed by atoms with Gasteiger partial charge < -0.3 is 5.32 Å². The van der Waals surface area contributed by atoms with E-state index in [1.807, 2.05) is 12.4 Å². The lowest BCUT2D eigenvalue weighted by Crippen LogP contribution is -2.31. The second-order valence-corrected chi connectivity index (χ2v) is 6.22. The van der Waals surface area contributed by atoms with Gasteiger partial charge >= 0.3 is 0 Å². The van der Waals surface area contributed by atoms with Crippen molar-refractivity contribution in [1.29, 1.82) is 0 Å². The van der Waals surface area contributed by atoms with Gasteiger partial charge in [-0.15, -0.1) is 0 Å². The van der Waals surface area contributed by atoms with Crippen LogP contribution in [0.15, 0.2) is 48.8 Å². The Balaban J connectivity index is 1.91. The molecule has 1 atom stereocenters. The van der Waals surface area contributed by atoms with E-state index in [2.05, 4.69) is 76.2 Å². The van der Waals surface area contributed by atoms with Crippen molar-refractivity contribution in [2.45, 2.75) is 32.2 Å². The van der Waals surface area contributed by atoms with E-state index in [0.29, 0.717) is 6.04 Å². The normalized spacial score (nSPS) is 12.3. The molecule has 1 aromatic carbocycles. The monoisotopic (exact) mass is 380 g/mol. The summed E-state index contributed by atoms with van der Waals surface area (Å²) in [6, 6.07) is 13.6. The molecular formula is C17H21IN2. The van der Waals surface area contributed by atoms with Crippen LogP contribution >= 0.6 is 22.6 Å². The molecule has 2 rings (SSSR count). The van der Waals surface area contributed by atoms with Gasteiger partial charge in [-0.2, -0.15) is 0 Å². The van der Waals surface area contributed by atoms with E-state index in [1.54, 1.807) is 0 Å². The van der Waals surface area contributed by atoms with Gasteiger partial charge in [-0.05, 0) is 83.8 Å². The summed E-state index contributed by atoms with van der Waals surface area (Å²) in [4.78, 5) is 4.07. The molecule has 1 N–H and O–H groups in total. The first-order chi connectivity index (χ1) is 9.78. The molecule has 0 bridgehead atoms. The number of benzene rings is 1. The minimum Gasteiger partial charge on any atom is -0.314 e. The Labute approximate surface area is 135 Å². The highest BCUT2D eigenvalue weighted by atomic mass is 127. The fourth-order valence-corrected chi connectivity index (χ4v) is 2.72. The minimum absolute atomic E-state index is 0.535. The predicted octanol–water partition coefficient (Wildman–Crippen LogP) is 3.84. The van der Waals surface area contributed by atoms with Crippen LogP contribution in [0.25, 0.3) is 0 Å². The summed E-state index contributed by atoms with van der Waals surface area (Å²) in [7, 11) is 0. The summed E-state index contributed by atoms with van der Waals surface area (Å²) >= 11 is 2.35. The maximum atomic E-state index is 4.07. The van der Waals surface area contributed by atoms with Gasteiger partial charge in [-0.25, -0.2) is 0 Å². The second-order valence-electron chi connectivity index (χ2n) is 4.98. The molecular weight excluding hydrogens is 359 g/mol. The lowest BCUT2D eigenvalue weighted by atomic mass is 9.99. The van der Waals surface area contributed by atoms with Crippen LogP contribution in [0.4, 0.5) is 0 Å². The molecule has 0 fully saturated rings. The Kier molecular flexibility index (Phi) is 6.47. The average Bonchev–Trinajstić information content (AvgIpc) is 2.48. The van der Waals surface area contributed by atoms with Crippen LogP contribution in [0.1, 0.15) is 24.5 Å². The molecule has 0 radical (unpaired) electrons. The first-order valence-corrected chi connectivity index (χ1v) is 8.22. The topological polar surface area (TPSA) is 24.9 Å². The highest BCUT2D eigenvalue weighted by molar-refractivity contribution is 14.1. The number of pyridine rings is 1. The number of aryl methyl sites for hydroxylation is 1. The third-order valence-corrected chi connectivity index (χ3v) is 4.14. The van der Waals surface area contributed by atoms with Crippen LogP contribution in [-0.2, 0) is 12.8 Å². The molecule has 2 nitrogen and oxygen atoms in total. The fourth-order valence-electron chi connectivity index (χ4n) is 2.36. The van der Waals surface area contributed by atoms with Gasteiger partial charge in [0.2, 0.25) is 0 Å². The van der Waals surface area contributed by atoms with Gasteiger partial charge in [0.05, 0.1) is 0 Å². The Morgan fingerprint density at radius 3 is 2.40 bits per heavy atom. The summed E-state index contributed by atoms with van der Waals surface area (Å²) in [5.41, 5.74) is 2.77. The van der Waals surface area contributed by atoms with Gasteiger partial charge in [0.15, 0.2) is 0 Å². The first kappa shape index (κ1) is 15.4. The van der Waals surface area contributed by atoms with Gasteiger partial charge in [0.25, 0.3) is 0 Å². The zero-order valence-corrected chi connectivity index (χ0v) is 14.0. The summed E-state index contributed by atoms with van der Waals surface area (Å²) in [6.45, 7) is 3.19. The molecule has 2 aromatic rings. The standard InChI is InChI=1S/C17H21IN2/c1-2-20-17(8-5-14-9-11-19-12-10-14)13-15-3-6-16(18)7-4-15/h3-4,6-7,9-12,17,20H,2,5,8,13H2,1H3. The Morgan fingerprint density at radius 2 is 1.75 bits per heavy atom. The van der Waals surface area contributed by atoms with Crippen LogP contribution in [-0.4, -0.2) is 17.6 Å². The van der Waals surface area contributed by atoms with Gasteiger partial charge in [0, 0.05) is 22.0 Å². The van der Waals surface area contributed by atoms with E-state index >= 15 is 0 Å². The number of hydrogen-bond acceptors (Lipinski definition) is 2. The Bertz CT molecular complexity index is 496. The van der Waals surface area contributed by atoms with Crippen molar-refractivity contribution in [2.24, 2.45) is 0 Å². The molecule has 3 heteroatoms. The van der Waals surface area contributed by atoms with Gasteiger partial charge in [-0.3, -0.25) is 4.98 Å². The van der Waals surface area contributed by atoms with Crippen LogP contribution < -0.4 is 5.32 Å². The van der Waals surface area contributed by atoms with Crippen LogP contribution in [0.3, 0.4) is 0 Å². The second kappa shape index (κ2) is 8.37. The average molecular weight is 380 g/mol.